The first-order chi connectivity index (χ1) is 11.5. The lowest BCUT2D eigenvalue weighted by Crippen LogP contribution is -2.45. The third-order valence-electron chi connectivity index (χ3n) is 3.79. The van der Waals surface area contributed by atoms with Gasteiger partial charge in [0.25, 0.3) is 5.91 Å². The molecule has 1 aliphatic carbocycles. The van der Waals surface area contributed by atoms with Crippen LogP contribution in [-0.4, -0.2) is 35.4 Å². The third-order valence-corrected chi connectivity index (χ3v) is 4.24. The van der Waals surface area contributed by atoms with Gasteiger partial charge in [0.1, 0.15) is 5.69 Å². The van der Waals surface area contributed by atoms with Gasteiger partial charge < -0.3 is 15.6 Å². The van der Waals surface area contributed by atoms with Gasteiger partial charge in [-0.05, 0) is 34.8 Å². The Bertz CT molecular complexity index is 583. The number of nitrogens with one attached hydrogen (secondary N) is 5. The zero-order valence-electron chi connectivity index (χ0n) is 13.3. The number of carbonyl (C=O) groups is 3. The minimum absolute atomic E-state index is 0.0762. The monoisotopic (exact) mass is 399 g/mol. The number of aromatic amines is 1. The lowest BCUT2D eigenvalue weighted by molar-refractivity contribution is -0.121. The maximum absolute atomic E-state index is 11.7. The topological polar surface area (TPSA) is 115 Å². The minimum Gasteiger partial charge on any atom is -0.356 e. The molecular weight excluding hydrogens is 378 g/mol. The van der Waals surface area contributed by atoms with E-state index in [0.29, 0.717) is 5.69 Å². The first kappa shape index (κ1) is 18.3. The fourth-order valence-electron chi connectivity index (χ4n) is 2.53. The number of carbonyl (C=O) groups excluding carboxylic acids is 3. The van der Waals surface area contributed by atoms with Gasteiger partial charge in [-0.25, -0.2) is 4.79 Å². The van der Waals surface area contributed by atoms with E-state index in [1.54, 1.807) is 12.3 Å². The van der Waals surface area contributed by atoms with Gasteiger partial charge in [-0.15, -0.1) is 0 Å². The van der Waals surface area contributed by atoms with Gasteiger partial charge in [-0.3, -0.25) is 20.4 Å². The second-order valence-electron chi connectivity index (χ2n) is 5.72. The Balaban J connectivity index is 1.57. The molecule has 0 unspecified atom stereocenters. The quantitative estimate of drug-likeness (QED) is 0.483. The SMILES string of the molecule is O=C(CCNC(=O)NC1CCCCC1)NNC(=O)c1cc(Br)c[nH]1. The highest BCUT2D eigenvalue weighted by atomic mass is 79.9. The molecule has 4 amide bonds. The van der Waals surface area contributed by atoms with Crippen LogP contribution in [0.1, 0.15) is 49.0 Å². The van der Waals surface area contributed by atoms with Crippen LogP contribution in [0.2, 0.25) is 0 Å². The molecule has 5 N–H and O–H groups in total. The second-order valence-corrected chi connectivity index (χ2v) is 6.63. The van der Waals surface area contributed by atoms with E-state index in [1.807, 2.05) is 0 Å². The van der Waals surface area contributed by atoms with Crippen molar-refractivity contribution in [3.8, 4) is 0 Å². The Hall–Kier alpha value is -2.03. The molecule has 132 valence electrons. The van der Waals surface area contributed by atoms with E-state index in [1.165, 1.54) is 6.42 Å². The normalized spacial score (nSPS) is 14.7. The lowest BCUT2D eigenvalue weighted by atomic mass is 9.96. The maximum atomic E-state index is 11.7. The first-order valence-corrected chi connectivity index (χ1v) is 8.81. The molecule has 0 bridgehead atoms. The van der Waals surface area contributed by atoms with Crippen LogP contribution in [-0.2, 0) is 4.79 Å². The summed E-state index contributed by atoms with van der Waals surface area (Å²) < 4.78 is 0.743. The van der Waals surface area contributed by atoms with Gasteiger partial charge in [0.2, 0.25) is 5.91 Å². The van der Waals surface area contributed by atoms with E-state index < -0.39 is 5.91 Å². The minimum atomic E-state index is -0.447. The number of urea groups is 1. The zero-order chi connectivity index (χ0) is 17.4. The smallest absolute Gasteiger partial charge is 0.315 e. The van der Waals surface area contributed by atoms with Crippen LogP contribution < -0.4 is 21.5 Å². The van der Waals surface area contributed by atoms with Crippen LogP contribution in [0.25, 0.3) is 0 Å². The predicted molar refractivity (Wildman–Crippen MR) is 92.1 cm³/mol. The summed E-state index contributed by atoms with van der Waals surface area (Å²) in [6, 6.07) is 1.57. The molecule has 9 heteroatoms. The highest BCUT2D eigenvalue weighted by Gasteiger charge is 2.15. The molecule has 0 radical (unpaired) electrons. The molecule has 2 rings (SSSR count). The Kier molecular flexibility index (Phi) is 7.10. The Labute approximate surface area is 148 Å². The second kappa shape index (κ2) is 9.31. The van der Waals surface area contributed by atoms with Crippen LogP contribution >= 0.6 is 15.9 Å². The Morgan fingerprint density at radius 1 is 1.17 bits per heavy atom. The number of rotatable bonds is 5. The fourth-order valence-corrected chi connectivity index (χ4v) is 2.87. The van der Waals surface area contributed by atoms with Crippen LogP contribution in [0.4, 0.5) is 4.79 Å². The van der Waals surface area contributed by atoms with Crippen LogP contribution in [0.3, 0.4) is 0 Å². The van der Waals surface area contributed by atoms with Gasteiger partial charge in [-0.1, -0.05) is 19.3 Å². The van der Waals surface area contributed by atoms with Crippen molar-refractivity contribution in [1.82, 2.24) is 26.5 Å². The highest BCUT2D eigenvalue weighted by molar-refractivity contribution is 9.10. The molecular formula is C15H22BrN5O3. The van der Waals surface area contributed by atoms with Crippen LogP contribution in [0.5, 0.6) is 0 Å². The van der Waals surface area contributed by atoms with E-state index in [0.717, 1.165) is 30.2 Å². The lowest BCUT2D eigenvalue weighted by Gasteiger charge is -2.22. The number of hydrazine groups is 1. The number of H-pyrrole nitrogens is 1. The van der Waals surface area contributed by atoms with Gasteiger partial charge in [0, 0.05) is 29.7 Å². The Morgan fingerprint density at radius 3 is 2.58 bits per heavy atom. The van der Waals surface area contributed by atoms with Crippen molar-refractivity contribution >= 4 is 33.8 Å². The summed E-state index contributed by atoms with van der Waals surface area (Å²) in [5.74, 6) is -0.830. The molecule has 1 aromatic rings. The summed E-state index contributed by atoms with van der Waals surface area (Å²) in [5, 5.41) is 5.55. The molecule has 1 fully saturated rings. The summed E-state index contributed by atoms with van der Waals surface area (Å²) in [6.07, 6.45) is 7.22. The van der Waals surface area contributed by atoms with Gasteiger partial charge in [0.15, 0.2) is 0 Å². The molecule has 1 aromatic heterocycles. The molecule has 1 saturated carbocycles. The zero-order valence-corrected chi connectivity index (χ0v) is 14.9. The van der Waals surface area contributed by atoms with Crippen molar-refractivity contribution in [3.05, 3.63) is 22.4 Å². The first-order valence-electron chi connectivity index (χ1n) is 8.02. The summed E-state index contributed by atoms with van der Waals surface area (Å²) in [5.41, 5.74) is 4.92. The molecule has 0 aromatic carbocycles. The highest BCUT2D eigenvalue weighted by Crippen LogP contribution is 2.17. The average molecular weight is 400 g/mol. The van der Waals surface area contributed by atoms with Crippen molar-refractivity contribution in [2.24, 2.45) is 0 Å². The average Bonchev–Trinajstić information content (AvgIpc) is 3.00. The molecule has 1 heterocycles. The maximum Gasteiger partial charge on any atom is 0.315 e. The van der Waals surface area contributed by atoms with Crippen molar-refractivity contribution < 1.29 is 14.4 Å². The van der Waals surface area contributed by atoms with E-state index in [2.05, 4.69) is 42.4 Å². The summed E-state index contributed by atoms with van der Waals surface area (Å²) >= 11 is 3.22. The number of amides is 4. The molecule has 0 spiro atoms. The van der Waals surface area contributed by atoms with E-state index in [-0.39, 0.29) is 30.9 Å². The number of aromatic nitrogens is 1. The largest absolute Gasteiger partial charge is 0.356 e. The molecule has 24 heavy (non-hydrogen) atoms. The van der Waals surface area contributed by atoms with E-state index in [4.69, 9.17) is 0 Å². The molecule has 0 atom stereocenters. The summed E-state index contributed by atoms with van der Waals surface area (Å²) in [7, 11) is 0. The molecule has 0 aliphatic heterocycles. The van der Waals surface area contributed by atoms with Crippen molar-refractivity contribution in [2.75, 3.05) is 6.54 Å². The molecule has 0 saturated heterocycles. The van der Waals surface area contributed by atoms with Gasteiger partial charge in [0.05, 0.1) is 0 Å². The van der Waals surface area contributed by atoms with Gasteiger partial charge in [-0.2, -0.15) is 0 Å². The number of hydrogen-bond acceptors (Lipinski definition) is 3. The fraction of sp³-hybridized carbons (Fsp3) is 0.533. The van der Waals surface area contributed by atoms with Gasteiger partial charge >= 0.3 is 6.03 Å². The standard InChI is InChI=1S/C15H22BrN5O3/c16-10-8-12(18-9-10)14(23)21-20-13(22)6-7-17-15(24)19-11-4-2-1-3-5-11/h8-9,11,18H,1-7H2,(H,20,22)(H,21,23)(H2,17,19,24). The van der Waals surface area contributed by atoms with Crippen LogP contribution in [0, 0.1) is 0 Å². The van der Waals surface area contributed by atoms with E-state index in [9.17, 15) is 14.4 Å². The summed E-state index contributed by atoms with van der Waals surface area (Å²) in [6.45, 7) is 0.203. The van der Waals surface area contributed by atoms with Crippen molar-refractivity contribution in [1.29, 1.82) is 0 Å². The molecule has 8 nitrogen and oxygen atoms in total. The van der Waals surface area contributed by atoms with E-state index >= 15 is 0 Å². The predicted octanol–water partition coefficient (Wildman–Crippen LogP) is 1.56. The third kappa shape index (κ3) is 6.23. The van der Waals surface area contributed by atoms with Crippen LogP contribution in [0.15, 0.2) is 16.7 Å². The summed E-state index contributed by atoms with van der Waals surface area (Å²) in [4.78, 5) is 37.8. The van der Waals surface area contributed by atoms with Crippen molar-refractivity contribution in [2.45, 2.75) is 44.6 Å². The number of halogens is 1. The number of hydrogen-bond donors (Lipinski definition) is 5. The molecule has 1 aliphatic rings. The Morgan fingerprint density at radius 2 is 1.92 bits per heavy atom. The van der Waals surface area contributed by atoms with Crippen molar-refractivity contribution in [3.63, 3.8) is 0 Å².